The molecule has 0 aliphatic heterocycles. The van der Waals surface area contributed by atoms with E-state index in [1.165, 1.54) is 6.07 Å². The summed E-state index contributed by atoms with van der Waals surface area (Å²) in [5.41, 5.74) is 6.36. The number of ether oxygens (including phenoxy) is 1. The fourth-order valence-electron chi connectivity index (χ4n) is 1.28. The molecule has 0 radical (unpaired) electrons. The van der Waals surface area contributed by atoms with Crippen molar-refractivity contribution in [2.75, 3.05) is 22.8 Å². The molecule has 0 spiro atoms. The van der Waals surface area contributed by atoms with Crippen molar-refractivity contribution in [3.8, 4) is 0 Å². The second-order valence-electron chi connectivity index (χ2n) is 3.60. The van der Waals surface area contributed by atoms with Crippen LogP contribution in [0.1, 0.15) is 13.3 Å². The standard InChI is InChI=1S/C11H16N2O4S/c1-2-17-11(14)6-7-18(15,16)13-10-5-3-4-9(12)8-10/h3-5,8,13H,2,6-7,12H2,1H3. The van der Waals surface area contributed by atoms with Gasteiger partial charge in [-0.1, -0.05) is 6.07 Å². The van der Waals surface area contributed by atoms with Gasteiger partial charge in [0, 0.05) is 5.69 Å². The number of hydrogen-bond donors (Lipinski definition) is 2. The lowest BCUT2D eigenvalue weighted by molar-refractivity contribution is -0.142. The van der Waals surface area contributed by atoms with Crippen LogP contribution in [0, 0.1) is 0 Å². The second-order valence-corrected chi connectivity index (χ2v) is 5.44. The number of hydrogen-bond acceptors (Lipinski definition) is 5. The third-order valence-corrected chi connectivity index (χ3v) is 3.33. The highest BCUT2D eigenvalue weighted by Crippen LogP contribution is 2.13. The maximum absolute atomic E-state index is 11.7. The third-order valence-electron chi connectivity index (χ3n) is 2.04. The van der Waals surface area contributed by atoms with E-state index in [0.717, 1.165) is 0 Å². The monoisotopic (exact) mass is 272 g/mol. The lowest BCUT2D eigenvalue weighted by atomic mass is 10.3. The normalized spacial score (nSPS) is 10.9. The summed E-state index contributed by atoms with van der Waals surface area (Å²) in [7, 11) is -3.57. The summed E-state index contributed by atoms with van der Waals surface area (Å²) in [6.07, 6.45) is -0.175. The fraction of sp³-hybridized carbons (Fsp3) is 0.364. The molecule has 0 fully saturated rings. The average molecular weight is 272 g/mol. The third kappa shape index (κ3) is 5.05. The molecule has 0 bridgehead atoms. The van der Waals surface area contributed by atoms with Gasteiger partial charge in [0.15, 0.2) is 0 Å². The Morgan fingerprint density at radius 2 is 2.17 bits per heavy atom. The first-order valence-electron chi connectivity index (χ1n) is 5.44. The molecule has 0 amide bonds. The minimum absolute atomic E-state index is 0.175. The van der Waals surface area contributed by atoms with Crippen LogP contribution in [0.3, 0.4) is 0 Å². The number of nitrogens with one attached hydrogen (secondary N) is 1. The summed E-state index contributed by atoms with van der Waals surface area (Å²) in [6.45, 7) is 1.90. The van der Waals surface area contributed by atoms with Crippen molar-refractivity contribution in [3.63, 3.8) is 0 Å². The van der Waals surface area contributed by atoms with Crippen molar-refractivity contribution >= 4 is 27.4 Å². The molecule has 1 aromatic carbocycles. The van der Waals surface area contributed by atoms with Crippen LogP contribution in [-0.2, 0) is 19.6 Å². The highest BCUT2D eigenvalue weighted by atomic mass is 32.2. The molecule has 0 unspecified atom stereocenters. The predicted molar refractivity (Wildman–Crippen MR) is 69.5 cm³/mol. The van der Waals surface area contributed by atoms with Crippen LogP contribution in [0.15, 0.2) is 24.3 Å². The molecule has 7 heteroatoms. The Hall–Kier alpha value is -1.76. The van der Waals surface area contributed by atoms with Gasteiger partial charge in [-0.2, -0.15) is 0 Å². The quantitative estimate of drug-likeness (QED) is 0.593. The Kier molecular flexibility index (Phi) is 4.96. The summed E-state index contributed by atoms with van der Waals surface area (Å²) in [6, 6.07) is 6.37. The molecule has 0 aliphatic rings. The lowest BCUT2D eigenvalue weighted by Gasteiger charge is -2.08. The van der Waals surface area contributed by atoms with Gasteiger partial charge < -0.3 is 10.5 Å². The van der Waals surface area contributed by atoms with E-state index >= 15 is 0 Å². The van der Waals surface area contributed by atoms with E-state index < -0.39 is 16.0 Å². The van der Waals surface area contributed by atoms with Crippen LogP contribution < -0.4 is 10.5 Å². The van der Waals surface area contributed by atoms with Crippen LogP contribution in [0.2, 0.25) is 0 Å². The smallest absolute Gasteiger partial charge is 0.306 e. The molecule has 3 N–H and O–H groups in total. The highest BCUT2D eigenvalue weighted by molar-refractivity contribution is 7.92. The molecule has 0 aliphatic carbocycles. The van der Waals surface area contributed by atoms with E-state index in [0.29, 0.717) is 11.4 Å². The minimum Gasteiger partial charge on any atom is -0.466 e. The van der Waals surface area contributed by atoms with Crippen molar-refractivity contribution < 1.29 is 17.9 Å². The maximum Gasteiger partial charge on any atom is 0.306 e. The van der Waals surface area contributed by atoms with Crippen LogP contribution in [-0.4, -0.2) is 26.7 Å². The lowest BCUT2D eigenvalue weighted by Crippen LogP contribution is -2.20. The van der Waals surface area contributed by atoms with Crippen molar-refractivity contribution in [3.05, 3.63) is 24.3 Å². The molecule has 0 atom stereocenters. The molecular weight excluding hydrogens is 256 g/mol. The number of anilines is 2. The summed E-state index contributed by atoms with van der Waals surface area (Å²) in [5, 5.41) is 0. The Labute approximate surface area is 106 Å². The van der Waals surface area contributed by atoms with Crippen LogP contribution >= 0.6 is 0 Å². The first kappa shape index (κ1) is 14.3. The van der Waals surface area contributed by atoms with Gasteiger partial charge in [0.05, 0.1) is 24.5 Å². The van der Waals surface area contributed by atoms with E-state index in [2.05, 4.69) is 9.46 Å². The molecule has 0 aromatic heterocycles. The first-order valence-corrected chi connectivity index (χ1v) is 7.10. The topological polar surface area (TPSA) is 98.5 Å². The van der Waals surface area contributed by atoms with E-state index in [1.807, 2.05) is 0 Å². The highest BCUT2D eigenvalue weighted by Gasteiger charge is 2.14. The fourth-order valence-corrected chi connectivity index (χ4v) is 2.31. The molecule has 6 nitrogen and oxygen atoms in total. The second kappa shape index (κ2) is 6.25. The van der Waals surface area contributed by atoms with Gasteiger partial charge >= 0.3 is 5.97 Å². The van der Waals surface area contributed by atoms with E-state index in [-0.39, 0.29) is 18.8 Å². The molecule has 0 heterocycles. The number of sulfonamides is 1. The van der Waals surface area contributed by atoms with E-state index in [9.17, 15) is 13.2 Å². The molecule has 0 saturated carbocycles. The van der Waals surface area contributed by atoms with Crippen molar-refractivity contribution in [2.24, 2.45) is 0 Å². The van der Waals surface area contributed by atoms with Crippen molar-refractivity contribution in [1.82, 2.24) is 0 Å². The number of nitrogens with two attached hydrogens (primary N) is 1. The zero-order valence-electron chi connectivity index (χ0n) is 10.0. The summed E-state index contributed by atoms with van der Waals surface area (Å²) in [5.74, 6) is -0.851. The molecule has 18 heavy (non-hydrogen) atoms. The minimum atomic E-state index is -3.57. The molecule has 1 rings (SSSR count). The van der Waals surface area contributed by atoms with Crippen LogP contribution in [0.25, 0.3) is 0 Å². The van der Waals surface area contributed by atoms with E-state index in [1.54, 1.807) is 25.1 Å². The maximum atomic E-state index is 11.7. The van der Waals surface area contributed by atoms with Gasteiger partial charge in [-0.15, -0.1) is 0 Å². The van der Waals surface area contributed by atoms with E-state index in [4.69, 9.17) is 5.73 Å². The van der Waals surface area contributed by atoms with Gasteiger partial charge in [0.1, 0.15) is 0 Å². The number of esters is 1. The largest absolute Gasteiger partial charge is 0.466 e. The molecule has 100 valence electrons. The van der Waals surface area contributed by atoms with Gasteiger partial charge in [-0.25, -0.2) is 8.42 Å². The summed E-state index contributed by atoms with van der Waals surface area (Å²) >= 11 is 0. The van der Waals surface area contributed by atoms with Gasteiger partial charge in [0.2, 0.25) is 10.0 Å². The van der Waals surface area contributed by atoms with Gasteiger partial charge in [-0.3, -0.25) is 9.52 Å². The zero-order chi connectivity index (χ0) is 13.6. The number of benzene rings is 1. The van der Waals surface area contributed by atoms with Crippen molar-refractivity contribution in [2.45, 2.75) is 13.3 Å². The SMILES string of the molecule is CCOC(=O)CCS(=O)(=O)Nc1cccc(N)c1. The van der Waals surface area contributed by atoms with Gasteiger partial charge in [0.25, 0.3) is 0 Å². The average Bonchev–Trinajstić information content (AvgIpc) is 2.26. The number of rotatable bonds is 6. The molecular formula is C11H16N2O4S. The zero-order valence-corrected chi connectivity index (χ0v) is 10.9. The Morgan fingerprint density at radius 3 is 2.78 bits per heavy atom. The first-order chi connectivity index (χ1) is 8.43. The molecule has 0 saturated heterocycles. The molecule has 1 aromatic rings. The Bertz CT molecular complexity index is 514. The number of nitrogen functional groups attached to an aromatic ring is 1. The Balaban J connectivity index is 2.57. The summed E-state index contributed by atoms with van der Waals surface area (Å²) < 4.78 is 30.3. The van der Waals surface area contributed by atoms with Crippen LogP contribution in [0.4, 0.5) is 11.4 Å². The Morgan fingerprint density at radius 1 is 1.44 bits per heavy atom. The number of carbonyl (C=O) groups is 1. The number of carbonyl (C=O) groups excluding carboxylic acids is 1. The summed E-state index contributed by atoms with van der Waals surface area (Å²) in [4.78, 5) is 11.1. The van der Waals surface area contributed by atoms with Crippen LogP contribution in [0.5, 0.6) is 0 Å². The predicted octanol–water partition coefficient (Wildman–Crippen LogP) is 0.964. The van der Waals surface area contributed by atoms with Gasteiger partial charge in [-0.05, 0) is 25.1 Å². The van der Waals surface area contributed by atoms with Crippen molar-refractivity contribution in [1.29, 1.82) is 0 Å².